The van der Waals surface area contributed by atoms with E-state index in [2.05, 4.69) is 171 Å². The molecule has 0 N–H and O–H groups in total. The van der Waals surface area contributed by atoms with Crippen LogP contribution < -0.4 is 15.5 Å². The zero-order valence-corrected chi connectivity index (χ0v) is 28.0. The van der Waals surface area contributed by atoms with E-state index in [1.165, 1.54) is 77.1 Å². The van der Waals surface area contributed by atoms with E-state index >= 15 is 0 Å². The molecule has 10 rings (SSSR count). The van der Waals surface area contributed by atoms with Crippen LogP contribution >= 0.6 is 0 Å². The summed E-state index contributed by atoms with van der Waals surface area (Å²) in [7, 11) is 0. The molecule has 0 amide bonds. The zero-order valence-electron chi connectivity index (χ0n) is 28.0. The third kappa shape index (κ3) is 3.58. The largest absolute Gasteiger partial charge is 0.310 e. The summed E-state index contributed by atoms with van der Waals surface area (Å²) in [5.41, 5.74) is 14.5. The molecule has 0 unspecified atom stereocenters. The number of benzene rings is 6. The Bertz CT molecular complexity index is 2610. The molecular weight excluding hydrogens is 581 g/mol. The molecule has 232 valence electrons. The number of hydrogen-bond donors (Lipinski definition) is 0. The molecule has 1 aliphatic carbocycles. The number of para-hydroxylation sites is 1. The highest BCUT2D eigenvalue weighted by Gasteiger charge is 2.43. The van der Waals surface area contributed by atoms with Crippen molar-refractivity contribution in [2.24, 2.45) is 0 Å². The monoisotopic (exact) mass is 618 g/mol. The van der Waals surface area contributed by atoms with Gasteiger partial charge in [-0.1, -0.05) is 131 Å². The summed E-state index contributed by atoms with van der Waals surface area (Å²) >= 11 is 0. The minimum atomic E-state index is -0.180. The smallest absolute Gasteiger partial charge is 0.0583 e. The maximum Gasteiger partial charge on any atom is 0.0583 e. The summed E-state index contributed by atoms with van der Waals surface area (Å²) < 4.78 is 2.66. The number of hydrogen-bond acceptors (Lipinski definition) is 1. The van der Waals surface area contributed by atoms with E-state index in [1.54, 1.807) is 5.57 Å². The minimum absolute atomic E-state index is 0.0119. The van der Waals surface area contributed by atoms with E-state index < -0.39 is 0 Å². The predicted octanol–water partition coefficient (Wildman–Crippen LogP) is 10.6. The van der Waals surface area contributed by atoms with Crippen molar-refractivity contribution in [2.45, 2.75) is 51.4 Å². The highest BCUT2D eigenvalue weighted by Crippen LogP contribution is 2.52. The first-order valence-corrected chi connectivity index (χ1v) is 17.3. The number of nitrogens with zero attached hydrogens (tertiary/aromatic N) is 2. The summed E-state index contributed by atoms with van der Waals surface area (Å²) in [6.07, 6.45) is 4.71. The zero-order chi connectivity index (χ0) is 32.4. The fourth-order valence-electron chi connectivity index (χ4n) is 9.23. The quantitative estimate of drug-likeness (QED) is 0.191. The van der Waals surface area contributed by atoms with Gasteiger partial charge in [-0.15, -0.1) is 0 Å². The third-order valence-corrected chi connectivity index (χ3v) is 11.6. The number of anilines is 3. The molecule has 0 saturated carbocycles. The van der Waals surface area contributed by atoms with Crippen LogP contribution in [0.15, 0.2) is 127 Å². The van der Waals surface area contributed by atoms with Crippen LogP contribution in [-0.2, 0) is 10.8 Å². The lowest BCUT2D eigenvalue weighted by Crippen LogP contribution is -2.45. The molecule has 0 atom stereocenters. The van der Waals surface area contributed by atoms with Crippen molar-refractivity contribution in [3.05, 3.63) is 155 Å². The van der Waals surface area contributed by atoms with Crippen molar-refractivity contribution in [1.29, 1.82) is 0 Å². The molecule has 2 heteroatoms. The molecule has 48 heavy (non-hydrogen) atoms. The highest BCUT2D eigenvalue weighted by molar-refractivity contribution is 6.02. The van der Waals surface area contributed by atoms with Gasteiger partial charge in [-0.2, -0.15) is 0 Å². The molecule has 0 bridgehead atoms. The van der Waals surface area contributed by atoms with Crippen LogP contribution in [0.25, 0.3) is 50.1 Å². The highest BCUT2D eigenvalue weighted by atomic mass is 15.1. The predicted molar refractivity (Wildman–Crippen MR) is 202 cm³/mol. The fourth-order valence-corrected chi connectivity index (χ4v) is 9.23. The molecule has 0 spiro atoms. The Morgan fingerprint density at radius 3 is 2.15 bits per heavy atom. The van der Waals surface area contributed by atoms with Crippen LogP contribution in [0.4, 0.5) is 17.1 Å². The van der Waals surface area contributed by atoms with E-state index in [1.807, 2.05) is 0 Å². The lowest BCUT2D eigenvalue weighted by Gasteiger charge is -2.42. The van der Waals surface area contributed by atoms with E-state index in [-0.39, 0.29) is 10.8 Å². The lowest BCUT2D eigenvalue weighted by atomic mass is 9.68. The van der Waals surface area contributed by atoms with Crippen molar-refractivity contribution in [3.63, 3.8) is 0 Å². The van der Waals surface area contributed by atoms with Crippen LogP contribution in [0, 0.1) is 0 Å². The summed E-state index contributed by atoms with van der Waals surface area (Å²) in [6, 6.07) is 47.4. The Labute approximate surface area is 281 Å². The van der Waals surface area contributed by atoms with Gasteiger partial charge in [0.1, 0.15) is 0 Å². The second-order valence-electron chi connectivity index (χ2n) is 14.9. The Kier molecular flexibility index (Phi) is 5.55. The molecule has 0 radical (unpaired) electrons. The van der Waals surface area contributed by atoms with Crippen LogP contribution in [-0.4, -0.2) is 4.57 Å². The van der Waals surface area contributed by atoms with Crippen molar-refractivity contribution < 1.29 is 0 Å². The molecular formula is C46H38N2. The molecule has 3 aliphatic rings. The van der Waals surface area contributed by atoms with Crippen molar-refractivity contribution in [3.8, 4) is 16.8 Å². The molecule has 2 aliphatic heterocycles. The SMILES string of the molecule is CC1(C)C2=c3c(c4cc(N(c5cccc(-c6ccccc6)c5)c5cccc6ccccc56)cc5c4n3-c3c1cccc3C5(C)C)=CCC2. The van der Waals surface area contributed by atoms with Gasteiger partial charge in [0.2, 0.25) is 0 Å². The van der Waals surface area contributed by atoms with Gasteiger partial charge in [-0.3, -0.25) is 0 Å². The van der Waals surface area contributed by atoms with Gasteiger partial charge in [0, 0.05) is 38.2 Å². The topological polar surface area (TPSA) is 8.17 Å². The fraction of sp³-hybridized carbons (Fsp3) is 0.174. The van der Waals surface area contributed by atoms with Crippen LogP contribution in [0.5, 0.6) is 0 Å². The first-order chi connectivity index (χ1) is 23.3. The van der Waals surface area contributed by atoms with Gasteiger partial charge in [0.05, 0.1) is 22.2 Å². The Morgan fingerprint density at radius 1 is 0.583 bits per heavy atom. The Balaban J connectivity index is 1.34. The molecule has 7 aromatic rings. The normalized spacial score (nSPS) is 16.2. The van der Waals surface area contributed by atoms with Crippen LogP contribution in [0.2, 0.25) is 0 Å². The number of aromatic nitrogens is 1. The van der Waals surface area contributed by atoms with Gasteiger partial charge < -0.3 is 9.47 Å². The maximum atomic E-state index is 2.66. The molecule has 6 aromatic carbocycles. The van der Waals surface area contributed by atoms with E-state index in [4.69, 9.17) is 0 Å². The molecule has 0 fully saturated rings. The molecule has 3 heterocycles. The van der Waals surface area contributed by atoms with E-state index in [0.717, 1.165) is 18.5 Å². The summed E-state index contributed by atoms with van der Waals surface area (Å²) in [5.74, 6) is 0. The molecule has 0 saturated heterocycles. The van der Waals surface area contributed by atoms with Crippen molar-refractivity contribution >= 4 is 50.4 Å². The van der Waals surface area contributed by atoms with E-state index in [0.29, 0.717) is 0 Å². The van der Waals surface area contributed by atoms with E-state index in [9.17, 15) is 0 Å². The average molecular weight is 619 g/mol. The van der Waals surface area contributed by atoms with Crippen molar-refractivity contribution in [1.82, 2.24) is 4.57 Å². The van der Waals surface area contributed by atoms with Crippen molar-refractivity contribution in [2.75, 3.05) is 4.90 Å². The standard InChI is InChI=1S/C46H38N2/c1-45(2)37-22-12-21-35-36-27-33(28-40-43(36)48(42(35)37)44-38(45)23-13-24-39(44)46(40,3)4)47(41-25-11-17-30-16-8-9-20-34(30)41)32-19-10-18-31(26-32)29-14-6-5-7-15-29/h5-11,13-21,23-28H,12,22H2,1-4H3. The van der Waals surface area contributed by atoms with Gasteiger partial charge in [-0.05, 0) is 82.0 Å². The summed E-state index contributed by atoms with van der Waals surface area (Å²) in [5, 5.41) is 6.71. The number of rotatable bonds is 4. The summed E-state index contributed by atoms with van der Waals surface area (Å²) in [4.78, 5) is 2.51. The average Bonchev–Trinajstić information content (AvgIpc) is 3.45. The van der Waals surface area contributed by atoms with Gasteiger partial charge in [0.25, 0.3) is 0 Å². The second kappa shape index (κ2) is 9.61. The Hall–Kier alpha value is -5.34. The first-order valence-electron chi connectivity index (χ1n) is 17.3. The minimum Gasteiger partial charge on any atom is -0.310 e. The van der Waals surface area contributed by atoms with Gasteiger partial charge in [0.15, 0.2) is 0 Å². The Morgan fingerprint density at radius 2 is 1.29 bits per heavy atom. The first kappa shape index (κ1) is 27.7. The van der Waals surface area contributed by atoms with Gasteiger partial charge >= 0.3 is 0 Å². The third-order valence-electron chi connectivity index (χ3n) is 11.6. The molecule has 1 aromatic heterocycles. The van der Waals surface area contributed by atoms with Crippen LogP contribution in [0.3, 0.4) is 0 Å². The van der Waals surface area contributed by atoms with Crippen LogP contribution in [0.1, 0.15) is 57.2 Å². The molecule has 2 nitrogen and oxygen atoms in total. The lowest BCUT2D eigenvalue weighted by molar-refractivity contribution is 0.591. The summed E-state index contributed by atoms with van der Waals surface area (Å²) in [6.45, 7) is 9.77. The van der Waals surface area contributed by atoms with Gasteiger partial charge in [-0.25, -0.2) is 0 Å². The second-order valence-corrected chi connectivity index (χ2v) is 14.9. The maximum absolute atomic E-state index is 2.66. The number of fused-ring (bicyclic) bond motifs is 2.